The highest BCUT2D eigenvalue weighted by molar-refractivity contribution is 5.88. The van der Waals surface area contributed by atoms with Crippen molar-refractivity contribution in [3.8, 4) is 0 Å². The number of benzene rings is 1. The van der Waals surface area contributed by atoms with Crippen molar-refractivity contribution in [3.05, 3.63) is 35.6 Å². The Kier molecular flexibility index (Phi) is 6.07. The summed E-state index contributed by atoms with van der Waals surface area (Å²) in [5.41, 5.74) is 0.485. The first-order valence-electron chi connectivity index (χ1n) is 9.40. The first-order valence-corrected chi connectivity index (χ1v) is 9.40. The van der Waals surface area contributed by atoms with Gasteiger partial charge in [-0.15, -0.1) is 0 Å². The Morgan fingerprint density at radius 3 is 2.72 bits per heavy atom. The van der Waals surface area contributed by atoms with Crippen molar-refractivity contribution in [2.24, 2.45) is 5.92 Å². The van der Waals surface area contributed by atoms with Crippen molar-refractivity contribution in [3.63, 3.8) is 0 Å². The molecule has 1 aromatic rings. The van der Waals surface area contributed by atoms with Crippen LogP contribution in [0.25, 0.3) is 0 Å². The molecule has 1 aliphatic heterocycles. The maximum Gasteiger partial charge on any atom is 0.230 e. The fraction of sp³-hybridized carbons (Fsp3) is 0.650. The van der Waals surface area contributed by atoms with Crippen LogP contribution in [0.3, 0.4) is 0 Å². The average Bonchev–Trinajstić information content (AvgIpc) is 3.29. The van der Waals surface area contributed by atoms with Crippen LogP contribution < -0.4 is 5.32 Å². The molecule has 0 spiro atoms. The number of nitrogens with zero attached hydrogens (tertiary/aromatic N) is 1. The molecule has 5 heteroatoms. The summed E-state index contributed by atoms with van der Waals surface area (Å²) in [7, 11) is 1.73. The molecule has 0 aromatic heterocycles. The van der Waals surface area contributed by atoms with E-state index in [9.17, 15) is 9.18 Å². The highest BCUT2D eigenvalue weighted by atomic mass is 19.1. The highest BCUT2D eigenvalue weighted by Crippen LogP contribution is 2.41. The van der Waals surface area contributed by atoms with Gasteiger partial charge in [0.2, 0.25) is 5.91 Å². The van der Waals surface area contributed by atoms with Gasteiger partial charge < -0.3 is 15.0 Å². The van der Waals surface area contributed by atoms with Gasteiger partial charge in [0.05, 0.1) is 12.0 Å². The van der Waals surface area contributed by atoms with E-state index in [1.807, 2.05) is 0 Å². The van der Waals surface area contributed by atoms with E-state index in [1.54, 1.807) is 19.2 Å². The van der Waals surface area contributed by atoms with Gasteiger partial charge in [0, 0.05) is 26.7 Å². The van der Waals surface area contributed by atoms with Crippen LogP contribution in [0.15, 0.2) is 24.3 Å². The summed E-state index contributed by atoms with van der Waals surface area (Å²) in [5, 5.41) is 3.21. The lowest BCUT2D eigenvalue weighted by molar-refractivity contribution is -0.126. The van der Waals surface area contributed by atoms with Gasteiger partial charge >= 0.3 is 0 Å². The summed E-state index contributed by atoms with van der Waals surface area (Å²) in [5.74, 6) is 0.374. The third-order valence-corrected chi connectivity index (χ3v) is 5.82. The largest absolute Gasteiger partial charge is 0.383 e. The summed E-state index contributed by atoms with van der Waals surface area (Å²) in [6, 6.07) is 6.49. The summed E-state index contributed by atoms with van der Waals surface area (Å²) >= 11 is 0. The molecule has 25 heavy (non-hydrogen) atoms. The molecule has 2 aliphatic rings. The first kappa shape index (κ1) is 18.3. The zero-order chi connectivity index (χ0) is 17.7. The number of carbonyl (C=O) groups is 1. The van der Waals surface area contributed by atoms with Crippen LogP contribution in [-0.2, 0) is 14.9 Å². The van der Waals surface area contributed by atoms with Crippen molar-refractivity contribution in [2.45, 2.75) is 37.5 Å². The Morgan fingerprint density at radius 2 is 2.04 bits per heavy atom. The van der Waals surface area contributed by atoms with Gasteiger partial charge in [0.25, 0.3) is 0 Å². The number of hydrogen-bond acceptors (Lipinski definition) is 3. The number of halogens is 1. The van der Waals surface area contributed by atoms with Crippen molar-refractivity contribution in [1.82, 2.24) is 10.2 Å². The highest BCUT2D eigenvalue weighted by Gasteiger charge is 2.42. The molecule has 1 saturated carbocycles. The van der Waals surface area contributed by atoms with Crippen molar-refractivity contribution < 1.29 is 13.9 Å². The van der Waals surface area contributed by atoms with Gasteiger partial charge in [-0.05, 0) is 49.4 Å². The van der Waals surface area contributed by atoms with Gasteiger partial charge in [-0.2, -0.15) is 0 Å². The molecule has 1 aromatic carbocycles. The second kappa shape index (κ2) is 8.28. The van der Waals surface area contributed by atoms with Crippen LogP contribution in [0.5, 0.6) is 0 Å². The predicted octanol–water partition coefficient (Wildman–Crippen LogP) is 2.72. The summed E-state index contributed by atoms with van der Waals surface area (Å²) in [6.45, 7) is 4.54. The minimum Gasteiger partial charge on any atom is -0.383 e. The summed E-state index contributed by atoms with van der Waals surface area (Å²) in [6.07, 6.45) is 4.94. The van der Waals surface area contributed by atoms with Crippen molar-refractivity contribution in [1.29, 1.82) is 0 Å². The molecular weight excluding hydrogens is 319 g/mol. The Hall–Kier alpha value is -1.46. The Labute approximate surface area is 149 Å². The number of amides is 1. The van der Waals surface area contributed by atoms with E-state index in [4.69, 9.17) is 4.74 Å². The van der Waals surface area contributed by atoms with Gasteiger partial charge in [-0.25, -0.2) is 4.39 Å². The molecule has 1 atom stereocenters. The number of methoxy groups -OCH3 is 1. The molecule has 0 radical (unpaired) electrons. The molecule has 2 fully saturated rings. The molecule has 1 aliphatic carbocycles. The molecule has 4 nitrogen and oxygen atoms in total. The molecule has 3 rings (SSSR count). The maximum absolute atomic E-state index is 13.3. The lowest BCUT2D eigenvalue weighted by atomic mass is 9.78. The van der Waals surface area contributed by atoms with Crippen LogP contribution in [0.1, 0.15) is 37.7 Å². The predicted molar refractivity (Wildman–Crippen MR) is 96.0 cm³/mol. The molecule has 1 heterocycles. The van der Waals surface area contributed by atoms with E-state index in [-0.39, 0.29) is 11.7 Å². The van der Waals surface area contributed by atoms with Crippen molar-refractivity contribution in [2.75, 3.05) is 39.9 Å². The van der Waals surface area contributed by atoms with Crippen LogP contribution in [0.4, 0.5) is 4.39 Å². The smallest absolute Gasteiger partial charge is 0.230 e. The number of carbonyl (C=O) groups excluding carboxylic acids is 1. The van der Waals surface area contributed by atoms with E-state index >= 15 is 0 Å². The monoisotopic (exact) mass is 348 g/mol. The average molecular weight is 348 g/mol. The molecule has 0 bridgehead atoms. The third kappa shape index (κ3) is 4.21. The molecule has 1 saturated heterocycles. The number of likely N-dealkylation sites (tertiary alicyclic amines) is 1. The number of rotatable bonds is 7. The molecular formula is C20H29FN2O2. The van der Waals surface area contributed by atoms with E-state index in [0.717, 1.165) is 70.5 Å². The Bertz CT molecular complexity index is 570. The Balaban J connectivity index is 1.58. The molecule has 138 valence electrons. The van der Waals surface area contributed by atoms with Gasteiger partial charge in [0.1, 0.15) is 5.82 Å². The standard InChI is InChI=1S/C20H29FN2O2/c1-25-13-12-23-11-8-16(15-23)14-22-19(24)20(9-2-3-10-20)17-4-6-18(21)7-5-17/h4-7,16H,2-3,8-15H2,1H3,(H,22,24)/t16-/m0/s1. The lowest BCUT2D eigenvalue weighted by Crippen LogP contribution is -2.44. The normalized spacial score (nSPS) is 23.0. The maximum atomic E-state index is 13.3. The number of ether oxygens (including phenoxy) is 1. The zero-order valence-corrected chi connectivity index (χ0v) is 15.1. The quantitative estimate of drug-likeness (QED) is 0.824. The molecule has 1 amide bonds. The lowest BCUT2D eigenvalue weighted by Gasteiger charge is -2.29. The van der Waals surface area contributed by atoms with Gasteiger partial charge in [-0.3, -0.25) is 4.79 Å². The molecule has 1 N–H and O–H groups in total. The first-order chi connectivity index (χ1) is 12.1. The third-order valence-electron chi connectivity index (χ3n) is 5.82. The SMILES string of the molecule is COCCN1CC[C@@H](CNC(=O)C2(c3ccc(F)cc3)CCCC2)C1. The van der Waals surface area contributed by atoms with Gasteiger partial charge in [0.15, 0.2) is 0 Å². The van der Waals surface area contributed by atoms with E-state index in [0.29, 0.717) is 5.92 Å². The molecule has 0 unspecified atom stereocenters. The van der Waals surface area contributed by atoms with Gasteiger partial charge in [-0.1, -0.05) is 25.0 Å². The minimum atomic E-state index is -0.470. The fourth-order valence-electron chi connectivity index (χ4n) is 4.30. The van der Waals surface area contributed by atoms with Crippen molar-refractivity contribution >= 4 is 5.91 Å². The second-order valence-corrected chi connectivity index (χ2v) is 7.45. The van der Waals surface area contributed by atoms with E-state index in [2.05, 4.69) is 10.2 Å². The Morgan fingerprint density at radius 1 is 1.32 bits per heavy atom. The second-order valence-electron chi connectivity index (χ2n) is 7.45. The zero-order valence-electron chi connectivity index (χ0n) is 15.1. The topological polar surface area (TPSA) is 41.6 Å². The van der Waals surface area contributed by atoms with Crippen LogP contribution in [0.2, 0.25) is 0 Å². The van der Waals surface area contributed by atoms with Crippen LogP contribution in [0, 0.1) is 11.7 Å². The number of hydrogen-bond donors (Lipinski definition) is 1. The summed E-state index contributed by atoms with van der Waals surface area (Å²) < 4.78 is 18.4. The fourth-order valence-corrected chi connectivity index (χ4v) is 4.30. The van der Waals surface area contributed by atoms with Crippen LogP contribution in [-0.4, -0.2) is 50.7 Å². The minimum absolute atomic E-state index is 0.118. The van der Waals surface area contributed by atoms with E-state index in [1.165, 1.54) is 12.1 Å². The van der Waals surface area contributed by atoms with Crippen LogP contribution >= 0.6 is 0 Å². The number of nitrogens with one attached hydrogen (secondary N) is 1. The summed E-state index contributed by atoms with van der Waals surface area (Å²) in [4.78, 5) is 15.4. The van der Waals surface area contributed by atoms with E-state index < -0.39 is 5.41 Å².